The van der Waals surface area contributed by atoms with Crippen molar-refractivity contribution in [2.24, 2.45) is 0 Å². The summed E-state index contributed by atoms with van der Waals surface area (Å²) >= 11 is 0. The maximum Gasteiger partial charge on any atom is 0.123 e. The van der Waals surface area contributed by atoms with Gasteiger partial charge in [0.2, 0.25) is 0 Å². The lowest BCUT2D eigenvalue weighted by Crippen LogP contribution is -2.03. The highest BCUT2D eigenvalue weighted by Crippen LogP contribution is 2.03. The standard InChI is InChI=1S/C10H12FN.ClH/c1-12-8-2-3-9-4-6-10(11)7-5-9;/h2-7,12H,8H2,1H3;1H. The van der Waals surface area contributed by atoms with Crippen LogP contribution in [0.25, 0.3) is 6.08 Å². The summed E-state index contributed by atoms with van der Waals surface area (Å²) in [4.78, 5) is 0. The van der Waals surface area contributed by atoms with Crippen molar-refractivity contribution in [2.75, 3.05) is 13.6 Å². The summed E-state index contributed by atoms with van der Waals surface area (Å²) in [6.45, 7) is 0.831. The molecule has 13 heavy (non-hydrogen) atoms. The van der Waals surface area contributed by atoms with Crippen molar-refractivity contribution in [2.45, 2.75) is 0 Å². The maximum atomic E-state index is 12.4. The Kier molecular flexibility index (Phi) is 6.20. The maximum absolute atomic E-state index is 12.4. The summed E-state index contributed by atoms with van der Waals surface area (Å²) < 4.78 is 12.4. The zero-order chi connectivity index (χ0) is 8.81. The predicted molar refractivity (Wildman–Crippen MR) is 56.6 cm³/mol. The van der Waals surface area contributed by atoms with Crippen LogP contribution in [-0.4, -0.2) is 13.6 Å². The SMILES string of the molecule is CNCC=Cc1ccc(F)cc1.Cl. The number of likely N-dealkylation sites (N-methyl/N-ethyl adjacent to an activating group) is 1. The van der Waals surface area contributed by atoms with Crippen molar-refractivity contribution in [1.29, 1.82) is 0 Å². The fraction of sp³-hybridized carbons (Fsp3) is 0.200. The van der Waals surface area contributed by atoms with Crippen LogP contribution in [0.5, 0.6) is 0 Å². The third kappa shape index (κ3) is 4.65. The normalized spacial score (nSPS) is 10.0. The van der Waals surface area contributed by atoms with Gasteiger partial charge in [0.05, 0.1) is 0 Å². The first-order valence-electron chi connectivity index (χ1n) is 3.89. The van der Waals surface area contributed by atoms with Crippen molar-refractivity contribution < 1.29 is 4.39 Å². The Morgan fingerprint density at radius 1 is 1.31 bits per heavy atom. The second-order valence-corrected chi connectivity index (χ2v) is 2.51. The van der Waals surface area contributed by atoms with Gasteiger partial charge in [-0.25, -0.2) is 4.39 Å². The van der Waals surface area contributed by atoms with Crippen LogP contribution in [0.4, 0.5) is 4.39 Å². The van der Waals surface area contributed by atoms with Gasteiger partial charge in [-0.3, -0.25) is 0 Å². The molecule has 0 radical (unpaired) electrons. The molecule has 0 saturated carbocycles. The van der Waals surface area contributed by atoms with E-state index in [4.69, 9.17) is 0 Å². The molecule has 0 amide bonds. The highest BCUT2D eigenvalue weighted by Gasteiger charge is 1.87. The summed E-state index contributed by atoms with van der Waals surface area (Å²) in [5, 5.41) is 2.99. The lowest BCUT2D eigenvalue weighted by molar-refractivity contribution is 0.628. The lowest BCUT2D eigenvalue weighted by atomic mass is 10.2. The van der Waals surface area contributed by atoms with Gasteiger partial charge in [-0.05, 0) is 24.7 Å². The molecule has 1 nitrogen and oxygen atoms in total. The fourth-order valence-electron chi connectivity index (χ4n) is 0.887. The van der Waals surface area contributed by atoms with E-state index >= 15 is 0 Å². The first kappa shape index (κ1) is 12.1. The zero-order valence-electron chi connectivity index (χ0n) is 7.46. The summed E-state index contributed by atoms with van der Waals surface area (Å²) in [5.74, 6) is -0.194. The molecular weight excluding hydrogens is 189 g/mol. The second kappa shape index (κ2) is 6.63. The van der Waals surface area contributed by atoms with Gasteiger partial charge in [0.25, 0.3) is 0 Å². The molecule has 0 atom stereocenters. The smallest absolute Gasteiger partial charge is 0.123 e. The van der Waals surface area contributed by atoms with Crippen LogP contribution in [0.1, 0.15) is 5.56 Å². The van der Waals surface area contributed by atoms with Gasteiger partial charge in [0, 0.05) is 6.54 Å². The number of hydrogen-bond acceptors (Lipinski definition) is 1. The molecule has 0 heterocycles. The van der Waals surface area contributed by atoms with Crippen LogP contribution < -0.4 is 5.32 Å². The third-order valence-electron chi connectivity index (χ3n) is 1.50. The van der Waals surface area contributed by atoms with E-state index in [2.05, 4.69) is 5.32 Å². The number of halogens is 2. The lowest BCUT2D eigenvalue weighted by Gasteiger charge is -1.92. The van der Waals surface area contributed by atoms with Crippen LogP contribution >= 0.6 is 12.4 Å². The Hall–Kier alpha value is -0.860. The molecule has 1 rings (SSSR count). The van der Waals surface area contributed by atoms with Crippen LogP contribution in [0.2, 0.25) is 0 Å². The molecule has 72 valence electrons. The van der Waals surface area contributed by atoms with Crippen molar-refractivity contribution in [1.82, 2.24) is 5.32 Å². The van der Waals surface area contributed by atoms with Crippen LogP contribution in [0.15, 0.2) is 30.3 Å². The topological polar surface area (TPSA) is 12.0 Å². The number of benzene rings is 1. The molecular formula is C10H13ClFN. The first-order valence-corrected chi connectivity index (χ1v) is 3.89. The van der Waals surface area contributed by atoms with Crippen LogP contribution in [0, 0.1) is 5.82 Å². The molecule has 3 heteroatoms. The van der Waals surface area contributed by atoms with E-state index in [1.165, 1.54) is 12.1 Å². The van der Waals surface area contributed by atoms with Crippen molar-refractivity contribution in [3.8, 4) is 0 Å². The van der Waals surface area contributed by atoms with Gasteiger partial charge in [-0.2, -0.15) is 0 Å². The third-order valence-corrected chi connectivity index (χ3v) is 1.50. The van der Waals surface area contributed by atoms with E-state index in [1.807, 2.05) is 19.2 Å². The van der Waals surface area contributed by atoms with E-state index in [0.29, 0.717) is 0 Å². The molecule has 0 aliphatic rings. The highest BCUT2D eigenvalue weighted by atomic mass is 35.5. The molecule has 0 saturated heterocycles. The Balaban J connectivity index is 0.00000144. The predicted octanol–water partition coefficient (Wildman–Crippen LogP) is 2.48. The minimum absolute atomic E-state index is 0. The molecule has 0 unspecified atom stereocenters. The largest absolute Gasteiger partial charge is 0.316 e. The Morgan fingerprint density at radius 3 is 2.46 bits per heavy atom. The van der Waals surface area contributed by atoms with Gasteiger partial charge >= 0.3 is 0 Å². The minimum Gasteiger partial charge on any atom is -0.316 e. The van der Waals surface area contributed by atoms with Crippen LogP contribution in [0.3, 0.4) is 0 Å². The van der Waals surface area contributed by atoms with E-state index in [9.17, 15) is 4.39 Å². The quantitative estimate of drug-likeness (QED) is 0.793. The second-order valence-electron chi connectivity index (χ2n) is 2.51. The Labute approximate surface area is 84.1 Å². The van der Waals surface area contributed by atoms with E-state index in [-0.39, 0.29) is 18.2 Å². The molecule has 0 aromatic heterocycles. The molecule has 1 N–H and O–H groups in total. The van der Waals surface area contributed by atoms with E-state index < -0.39 is 0 Å². The summed E-state index contributed by atoms with van der Waals surface area (Å²) in [6, 6.07) is 6.42. The average Bonchev–Trinajstić information content (AvgIpc) is 2.09. The zero-order valence-corrected chi connectivity index (χ0v) is 8.27. The van der Waals surface area contributed by atoms with Crippen LogP contribution in [-0.2, 0) is 0 Å². The molecule has 0 bridgehead atoms. The van der Waals surface area contributed by atoms with Crippen molar-refractivity contribution in [3.05, 3.63) is 41.7 Å². The molecule has 0 aliphatic carbocycles. The fourth-order valence-corrected chi connectivity index (χ4v) is 0.887. The molecule has 1 aromatic carbocycles. The van der Waals surface area contributed by atoms with Gasteiger partial charge in [-0.1, -0.05) is 24.3 Å². The summed E-state index contributed by atoms with van der Waals surface area (Å²) in [5.41, 5.74) is 1.02. The molecule has 0 fully saturated rings. The van der Waals surface area contributed by atoms with Gasteiger partial charge < -0.3 is 5.32 Å². The average molecular weight is 202 g/mol. The van der Waals surface area contributed by atoms with Gasteiger partial charge in [0.15, 0.2) is 0 Å². The Morgan fingerprint density at radius 2 is 1.92 bits per heavy atom. The molecule has 1 aromatic rings. The van der Waals surface area contributed by atoms with Gasteiger partial charge in [0.1, 0.15) is 5.82 Å². The van der Waals surface area contributed by atoms with Gasteiger partial charge in [-0.15, -0.1) is 12.4 Å². The summed E-state index contributed by atoms with van der Waals surface area (Å²) in [7, 11) is 1.88. The number of nitrogens with one attached hydrogen (secondary N) is 1. The Bertz CT molecular complexity index is 256. The summed E-state index contributed by atoms with van der Waals surface area (Å²) in [6.07, 6.45) is 3.95. The van der Waals surface area contributed by atoms with Crippen molar-refractivity contribution in [3.63, 3.8) is 0 Å². The number of rotatable bonds is 3. The van der Waals surface area contributed by atoms with Crippen molar-refractivity contribution >= 4 is 18.5 Å². The van der Waals surface area contributed by atoms with E-state index in [1.54, 1.807) is 12.1 Å². The first-order chi connectivity index (χ1) is 5.83. The van der Waals surface area contributed by atoms with E-state index in [0.717, 1.165) is 12.1 Å². The molecule has 0 aliphatic heterocycles. The highest BCUT2D eigenvalue weighted by molar-refractivity contribution is 5.85. The molecule has 0 spiro atoms. The minimum atomic E-state index is -0.194. The monoisotopic (exact) mass is 201 g/mol. The number of hydrogen-bond donors (Lipinski definition) is 1.